The largest absolute Gasteiger partial charge is 0.494 e. The number of hydrogen-bond donors (Lipinski definition) is 1. The summed E-state index contributed by atoms with van der Waals surface area (Å²) in [6.07, 6.45) is 2.38. The molecule has 2 rings (SSSR count). The molecule has 0 saturated carbocycles. The van der Waals surface area contributed by atoms with Crippen LogP contribution in [0.4, 0.5) is 0 Å². The van der Waals surface area contributed by atoms with Crippen molar-refractivity contribution in [3.05, 3.63) is 30.3 Å². The number of benzene rings is 1. The van der Waals surface area contributed by atoms with Gasteiger partial charge in [-0.2, -0.15) is 0 Å². The van der Waals surface area contributed by atoms with Gasteiger partial charge >= 0.3 is 0 Å². The molecule has 112 valence electrons. The first-order chi connectivity index (χ1) is 9.27. The first-order valence-corrected chi connectivity index (χ1v) is 6.91. The van der Waals surface area contributed by atoms with Crippen LogP contribution in [-0.4, -0.2) is 43.6 Å². The minimum atomic E-state index is 0. The molecule has 1 saturated heterocycles. The molecule has 0 radical (unpaired) electrons. The van der Waals surface area contributed by atoms with Crippen LogP contribution in [-0.2, 0) is 4.79 Å². The lowest BCUT2D eigenvalue weighted by molar-refractivity contribution is -0.131. The number of hydrogen-bond acceptors (Lipinski definition) is 3. The second-order valence-electron chi connectivity index (χ2n) is 4.92. The Morgan fingerprint density at radius 1 is 1.40 bits per heavy atom. The maximum Gasteiger partial charge on any atom is 0.222 e. The van der Waals surface area contributed by atoms with E-state index < -0.39 is 0 Å². The molecule has 1 aliphatic heterocycles. The van der Waals surface area contributed by atoms with E-state index >= 15 is 0 Å². The van der Waals surface area contributed by atoms with E-state index in [-0.39, 0.29) is 18.3 Å². The van der Waals surface area contributed by atoms with Crippen LogP contribution in [0.2, 0.25) is 0 Å². The third-order valence-electron chi connectivity index (χ3n) is 3.52. The molecule has 1 atom stereocenters. The summed E-state index contributed by atoms with van der Waals surface area (Å²) in [7, 11) is 1.90. The van der Waals surface area contributed by atoms with E-state index in [1.165, 1.54) is 0 Å². The Morgan fingerprint density at radius 3 is 2.80 bits per heavy atom. The van der Waals surface area contributed by atoms with Gasteiger partial charge in [-0.3, -0.25) is 4.79 Å². The van der Waals surface area contributed by atoms with Gasteiger partial charge in [0.05, 0.1) is 6.61 Å². The highest BCUT2D eigenvalue weighted by atomic mass is 35.5. The summed E-state index contributed by atoms with van der Waals surface area (Å²) >= 11 is 0. The maximum atomic E-state index is 12.0. The number of para-hydroxylation sites is 1. The Morgan fingerprint density at radius 2 is 2.15 bits per heavy atom. The first-order valence-electron chi connectivity index (χ1n) is 6.91. The molecule has 1 aliphatic rings. The van der Waals surface area contributed by atoms with Crippen LogP contribution < -0.4 is 10.1 Å². The van der Waals surface area contributed by atoms with Crippen molar-refractivity contribution in [1.82, 2.24) is 10.2 Å². The highest BCUT2D eigenvalue weighted by molar-refractivity contribution is 5.85. The quantitative estimate of drug-likeness (QED) is 0.818. The number of halogens is 1. The maximum absolute atomic E-state index is 12.0. The van der Waals surface area contributed by atoms with Crippen molar-refractivity contribution in [2.45, 2.75) is 25.3 Å². The van der Waals surface area contributed by atoms with E-state index in [0.29, 0.717) is 19.1 Å². The molecule has 4 nitrogen and oxygen atoms in total. The first kappa shape index (κ1) is 16.8. The van der Waals surface area contributed by atoms with Crippen molar-refractivity contribution in [2.24, 2.45) is 0 Å². The van der Waals surface area contributed by atoms with Gasteiger partial charge in [0.1, 0.15) is 5.75 Å². The van der Waals surface area contributed by atoms with Crippen LogP contribution in [0.5, 0.6) is 5.75 Å². The molecule has 1 unspecified atom stereocenters. The van der Waals surface area contributed by atoms with Crippen molar-refractivity contribution >= 4 is 18.3 Å². The molecule has 1 heterocycles. The molecule has 0 aromatic heterocycles. The number of carbonyl (C=O) groups is 1. The minimum Gasteiger partial charge on any atom is -0.494 e. The fourth-order valence-corrected chi connectivity index (χ4v) is 2.28. The molecule has 1 amide bonds. The van der Waals surface area contributed by atoms with Crippen LogP contribution in [0.3, 0.4) is 0 Å². The zero-order valence-electron chi connectivity index (χ0n) is 11.9. The Bertz CT molecular complexity index is 394. The molecule has 1 aromatic carbocycles. The van der Waals surface area contributed by atoms with E-state index in [4.69, 9.17) is 4.74 Å². The third kappa shape index (κ3) is 5.02. The average molecular weight is 299 g/mol. The SMILES string of the molecule is CN(C(=O)CCCOc1ccccc1)C1CCNC1.Cl. The topological polar surface area (TPSA) is 41.6 Å². The van der Waals surface area contributed by atoms with Gasteiger partial charge in [0.25, 0.3) is 0 Å². The summed E-state index contributed by atoms with van der Waals surface area (Å²) in [4.78, 5) is 13.9. The van der Waals surface area contributed by atoms with Crippen molar-refractivity contribution in [2.75, 3.05) is 26.7 Å². The predicted octanol–water partition coefficient (Wildman–Crippen LogP) is 2.09. The third-order valence-corrected chi connectivity index (χ3v) is 3.52. The average Bonchev–Trinajstić information content (AvgIpc) is 2.98. The monoisotopic (exact) mass is 298 g/mol. The summed E-state index contributed by atoms with van der Waals surface area (Å²) in [5.74, 6) is 1.08. The molecular weight excluding hydrogens is 276 g/mol. The highest BCUT2D eigenvalue weighted by Gasteiger charge is 2.22. The van der Waals surface area contributed by atoms with Gasteiger partial charge in [-0.15, -0.1) is 12.4 Å². The summed E-state index contributed by atoms with van der Waals surface area (Å²) in [6.45, 7) is 2.52. The molecule has 20 heavy (non-hydrogen) atoms. The molecule has 1 N–H and O–H groups in total. The Balaban J connectivity index is 0.00000200. The van der Waals surface area contributed by atoms with Crippen LogP contribution in [0.1, 0.15) is 19.3 Å². The van der Waals surface area contributed by atoms with Crippen molar-refractivity contribution in [3.8, 4) is 5.75 Å². The highest BCUT2D eigenvalue weighted by Crippen LogP contribution is 2.11. The van der Waals surface area contributed by atoms with Gasteiger partial charge in [0.2, 0.25) is 5.91 Å². The van der Waals surface area contributed by atoms with E-state index in [1.807, 2.05) is 42.3 Å². The van der Waals surface area contributed by atoms with E-state index in [0.717, 1.165) is 31.7 Å². The second kappa shape index (κ2) is 8.82. The molecule has 0 spiro atoms. The fraction of sp³-hybridized carbons (Fsp3) is 0.533. The van der Waals surface area contributed by atoms with E-state index in [2.05, 4.69) is 5.32 Å². The van der Waals surface area contributed by atoms with Crippen LogP contribution >= 0.6 is 12.4 Å². The smallest absolute Gasteiger partial charge is 0.222 e. The number of nitrogens with one attached hydrogen (secondary N) is 1. The van der Waals surface area contributed by atoms with Crippen LogP contribution in [0.15, 0.2) is 30.3 Å². The van der Waals surface area contributed by atoms with Gasteiger partial charge < -0.3 is 15.0 Å². The lowest BCUT2D eigenvalue weighted by atomic mass is 10.2. The Labute approximate surface area is 126 Å². The fourth-order valence-electron chi connectivity index (χ4n) is 2.28. The summed E-state index contributed by atoms with van der Waals surface area (Å²) in [5, 5.41) is 3.28. The second-order valence-corrected chi connectivity index (χ2v) is 4.92. The van der Waals surface area contributed by atoms with Crippen molar-refractivity contribution in [3.63, 3.8) is 0 Å². The van der Waals surface area contributed by atoms with Crippen LogP contribution in [0.25, 0.3) is 0 Å². The van der Waals surface area contributed by atoms with Crippen LogP contribution in [0, 0.1) is 0 Å². The zero-order valence-corrected chi connectivity index (χ0v) is 12.7. The lowest BCUT2D eigenvalue weighted by Gasteiger charge is -2.23. The normalized spacial score (nSPS) is 17.4. The number of nitrogens with zero attached hydrogens (tertiary/aromatic N) is 1. The molecule has 5 heteroatoms. The van der Waals surface area contributed by atoms with Gasteiger partial charge in [-0.25, -0.2) is 0 Å². The Hall–Kier alpha value is -1.26. The van der Waals surface area contributed by atoms with Crippen molar-refractivity contribution in [1.29, 1.82) is 0 Å². The zero-order chi connectivity index (χ0) is 13.5. The minimum absolute atomic E-state index is 0. The summed E-state index contributed by atoms with van der Waals surface area (Å²) < 4.78 is 5.58. The van der Waals surface area contributed by atoms with Gasteiger partial charge in [-0.1, -0.05) is 18.2 Å². The molecular formula is C15H23ClN2O2. The molecule has 0 bridgehead atoms. The van der Waals surface area contributed by atoms with Gasteiger partial charge in [0, 0.05) is 26.1 Å². The molecule has 0 aliphatic carbocycles. The van der Waals surface area contributed by atoms with E-state index in [1.54, 1.807) is 0 Å². The standard InChI is InChI=1S/C15H22N2O2.ClH/c1-17(13-9-10-16-12-13)15(18)8-5-11-19-14-6-3-2-4-7-14;/h2-4,6-7,13,16H,5,8-12H2,1H3;1H. The number of ether oxygens (including phenoxy) is 1. The van der Waals surface area contributed by atoms with E-state index in [9.17, 15) is 4.79 Å². The number of rotatable bonds is 6. The Kier molecular flexibility index (Phi) is 7.41. The van der Waals surface area contributed by atoms with Crippen molar-refractivity contribution < 1.29 is 9.53 Å². The van der Waals surface area contributed by atoms with Gasteiger partial charge in [0.15, 0.2) is 0 Å². The predicted molar refractivity (Wildman–Crippen MR) is 82.5 cm³/mol. The lowest BCUT2D eigenvalue weighted by Crippen LogP contribution is -2.38. The number of carbonyl (C=O) groups excluding carboxylic acids is 1. The van der Waals surface area contributed by atoms with Gasteiger partial charge in [-0.05, 0) is 31.5 Å². The molecule has 1 fully saturated rings. The molecule has 1 aromatic rings. The summed E-state index contributed by atoms with van der Waals surface area (Å²) in [5.41, 5.74) is 0. The number of likely N-dealkylation sites (N-methyl/N-ethyl adjacent to an activating group) is 1. The summed E-state index contributed by atoms with van der Waals surface area (Å²) in [6, 6.07) is 10.1. The number of amides is 1.